The summed E-state index contributed by atoms with van der Waals surface area (Å²) in [6.45, 7) is 3.03. The van der Waals surface area contributed by atoms with E-state index in [1.165, 1.54) is 0 Å². The number of nitrogens with one attached hydrogen (secondary N) is 1. The fourth-order valence-corrected chi connectivity index (χ4v) is 2.91. The molecule has 0 aliphatic carbocycles. The third kappa shape index (κ3) is 4.22. The molecular formula is C16H21ClN4O2. The highest BCUT2D eigenvalue weighted by Crippen LogP contribution is 2.33. The van der Waals surface area contributed by atoms with Crippen molar-refractivity contribution < 1.29 is 9.47 Å². The summed E-state index contributed by atoms with van der Waals surface area (Å²) in [5, 5.41) is 8.27. The summed E-state index contributed by atoms with van der Waals surface area (Å²) in [7, 11) is 1.95. The molecule has 124 valence electrons. The van der Waals surface area contributed by atoms with Crippen molar-refractivity contribution in [3.63, 3.8) is 0 Å². The van der Waals surface area contributed by atoms with Gasteiger partial charge in [-0.1, -0.05) is 11.6 Å². The third-order valence-electron chi connectivity index (χ3n) is 4.00. The number of rotatable bonds is 7. The van der Waals surface area contributed by atoms with Gasteiger partial charge in [0, 0.05) is 51.1 Å². The first kappa shape index (κ1) is 16.2. The molecule has 2 aromatic heterocycles. The number of hydrogen-bond donors (Lipinski definition) is 1. The van der Waals surface area contributed by atoms with Crippen LogP contribution in [0.15, 0.2) is 30.6 Å². The summed E-state index contributed by atoms with van der Waals surface area (Å²) >= 11 is 5.79. The highest BCUT2D eigenvalue weighted by molar-refractivity contribution is 6.30. The molecule has 7 heteroatoms. The number of aromatic nitrogens is 3. The second kappa shape index (κ2) is 7.77. The van der Waals surface area contributed by atoms with Crippen molar-refractivity contribution in [3.05, 3.63) is 41.3 Å². The summed E-state index contributed by atoms with van der Waals surface area (Å²) in [6.07, 6.45) is 4.57. The lowest BCUT2D eigenvalue weighted by atomic mass is 9.99. The van der Waals surface area contributed by atoms with E-state index in [0.29, 0.717) is 23.4 Å². The van der Waals surface area contributed by atoms with Crippen LogP contribution >= 0.6 is 11.6 Å². The molecule has 3 rings (SSSR count). The third-order valence-corrected chi connectivity index (χ3v) is 4.22. The van der Waals surface area contributed by atoms with E-state index >= 15 is 0 Å². The first-order chi connectivity index (χ1) is 11.2. The second-order valence-corrected chi connectivity index (χ2v) is 6.02. The molecule has 2 aromatic rings. The van der Waals surface area contributed by atoms with Crippen molar-refractivity contribution in [3.8, 4) is 5.88 Å². The molecule has 1 aliphatic heterocycles. The molecule has 2 atom stereocenters. The zero-order chi connectivity index (χ0) is 16.1. The number of nitrogens with zero attached hydrogens (tertiary/aromatic N) is 3. The van der Waals surface area contributed by atoms with Crippen LogP contribution in [0.25, 0.3) is 0 Å². The van der Waals surface area contributed by atoms with Crippen molar-refractivity contribution in [1.82, 2.24) is 20.1 Å². The number of halogens is 1. The Morgan fingerprint density at radius 3 is 3.09 bits per heavy atom. The van der Waals surface area contributed by atoms with Gasteiger partial charge in [0.2, 0.25) is 5.88 Å². The Labute approximate surface area is 140 Å². The Balaban J connectivity index is 1.40. The van der Waals surface area contributed by atoms with Gasteiger partial charge in [-0.05, 0) is 18.6 Å². The maximum atomic E-state index is 5.87. The molecule has 1 N–H and O–H groups in total. The highest BCUT2D eigenvalue weighted by atomic mass is 35.5. The van der Waals surface area contributed by atoms with Gasteiger partial charge in [0.1, 0.15) is 12.7 Å². The summed E-state index contributed by atoms with van der Waals surface area (Å²) in [5.41, 5.74) is 1.14. The number of ether oxygens (including phenoxy) is 2. The molecule has 0 bridgehead atoms. The highest BCUT2D eigenvalue weighted by Gasteiger charge is 2.31. The van der Waals surface area contributed by atoms with Crippen LogP contribution in [0, 0.1) is 5.92 Å². The lowest BCUT2D eigenvalue weighted by Gasteiger charge is -2.19. The quantitative estimate of drug-likeness (QED) is 0.785. The molecule has 23 heavy (non-hydrogen) atoms. The second-order valence-electron chi connectivity index (χ2n) is 5.59. The zero-order valence-electron chi connectivity index (χ0n) is 13.1. The van der Waals surface area contributed by atoms with Gasteiger partial charge in [-0.15, -0.1) is 0 Å². The summed E-state index contributed by atoms with van der Waals surface area (Å²) < 4.78 is 13.3. The SMILES string of the molecule is Cn1nccc1[C@@H]1OCC[C@H]1CNCCOc1ccc(Cl)cn1. The van der Waals surface area contributed by atoms with Gasteiger partial charge in [0.05, 0.1) is 10.7 Å². The molecule has 0 saturated carbocycles. The zero-order valence-corrected chi connectivity index (χ0v) is 13.9. The van der Waals surface area contributed by atoms with Gasteiger partial charge in [-0.3, -0.25) is 4.68 Å². The van der Waals surface area contributed by atoms with Crippen LogP contribution in [-0.2, 0) is 11.8 Å². The number of aryl methyl sites for hydroxylation is 1. The molecule has 0 spiro atoms. The van der Waals surface area contributed by atoms with Crippen molar-refractivity contribution in [2.45, 2.75) is 12.5 Å². The molecule has 1 aliphatic rings. The molecule has 0 unspecified atom stereocenters. The summed E-state index contributed by atoms with van der Waals surface area (Å²) in [4.78, 5) is 4.10. The average molecular weight is 337 g/mol. The fourth-order valence-electron chi connectivity index (χ4n) is 2.80. The first-order valence-corrected chi connectivity index (χ1v) is 8.16. The minimum absolute atomic E-state index is 0.119. The van der Waals surface area contributed by atoms with Gasteiger partial charge in [-0.25, -0.2) is 4.98 Å². The van der Waals surface area contributed by atoms with E-state index in [2.05, 4.69) is 15.4 Å². The predicted molar refractivity (Wildman–Crippen MR) is 87.6 cm³/mol. The van der Waals surface area contributed by atoms with E-state index in [1.807, 2.05) is 24.0 Å². The maximum Gasteiger partial charge on any atom is 0.213 e. The van der Waals surface area contributed by atoms with E-state index in [-0.39, 0.29) is 6.10 Å². The minimum atomic E-state index is 0.119. The van der Waals surface area contributed by atoms with E-state index in [0.717, 1.165) is 31.8 Å². The topological polar surface area (TPSA) is 61.2 Å². The van der Waals surface area contributed by atoms with Crippen molar-refractivity contribution in [2.24, 2.45) is 13.0 Å². The maximum absolute atomic E-state index is 5.87. The van der Waals surface area contributed by atoms with Crippen LogP contribution in [0.4, 0.5) is 0 Å². The summed E-state index contributed by atoms with van der Waals surface area (Å²) in [6, 6.07) is 5.57. The average Bonchev–Trinajstić information content (AvgIpc) is 3.17. The Morgan fingerprint density at radius 2 is 2.35 bits per heavy atom. The molecule has 6 nitrogen and oxygen atoms in total. The van der Waals surface area contributed by atoms with E-state index in [9.17, 15) is 0 Å². The van der Waals surface area contributed by atoms with Crippen LogP contribution in [-0.4, -0.2) is 41.1 Å². The van der Waals surface area contributed by atoms with Gasteiger partial charge in [0.15, 0.2) is 0 Å². The molecule has 1 fully saturated rings. The molecule has 3 heterocycles. The molecule has 0 aromatic carbocycles. The van der Waals surface area contributed by atoms with Crippen molar-refractivity contribution >= 4 is 11.6 Å². The number of pyridine rings is 1. The Bertz CT molecular complexity index is 617. The molecular weight excluding hydrogens is 316 g/mol. The first-order valence-electron chi connectivity index (χ1n) is 7.78. The Morgan fingerprint density at radius 1 is 1.43 bits per heavy atom. The standard InChI is InChI=1S/C16H21ClN4O2/c1-21-14(4-6-20-21)16-12(5-8-23-16)10-18-7-9-22-15-3-2-13(17)11-19-15/h2-4,6,11-12,16,18H,5,7-10H2,1H3/t12-,16+/m0/s1. The fraction of sp³-hybridized carbons (Fsp3) is 0.500. The van der Waals surface area contributed by atoms with Gasteiger partial charge in [-0.2, -0.15) is 5.10 Å². The van der Waals surface area contributed by atoms with Gasteiger partial charge >= 0.3 is 0 Å². The molecule has 1 saturated heterocycles. The van der Waals surface area contributed by atoms with E-state index in [1.54, 1.807) is 18.3 Å². The smallest absolute Gasteiger partial charge is 0.213 e. The Kier molecular flexibility index (Phi) is 5.48. The van der Waals surface area contributed by atoms with E-state index in [4.69, 9.17) is 21.1 Å². The number of hydrogen-bond acceptors (Lipinski definition) is 5. The van der Waals surface area contributed by atoms with Crippen molar-refractivity contribution in [1.29, 1.82) is 0 Å². The lowest BCUT2D eigenvalue weighted by molar-refractivity contribution is 0.0836. The van der Waals surface area contributed by atoms with E-state index < -0.39 is 0 Å². The molecule has 0 amide bonds. The lowest BCUT2D eigenvalue weighted by Crippen LogP contribution is -2.29. The minimum Gasteiger partial charge on any atom is -0.476 e. The molecule has 0 radical (unpaired) electrons. The van der Waals surface area contributed by atoms with Crippen LogP contribution in [0.2, 0.25) is 5.02 Å². The monoisotopic (exact) mass is 336 g/mol. The largest absolute Gasteiger partial charge is 0.476 e. The van der Waals surface area contributed by atoms with Gasteiger partial charge in [0.25, 0.3) is 0 Å². The normalized spacial score (nSPS) is 20.8. The van der Waals surface area contributed by atoms with Gasteiger partial charge < -0.3 is 14.8 Å². The summed E-state index contributed by atoms with van der Waals surface area (Å²) in [5.74, 6) is 1.05. The van der Waals surface area contributed by atoms with Crippen LogP contribution < -0.4 is 10.1 Å². The van der Waals surface area contributed by atoms with Crippen LogP contribution in [0.5, 0.6) is 5.88 Å². The Hall–Kier alpha value is -1.63. The van der Waals surface area contributed by atoms with Crippen molar-refractivity contribution in [2.75, 3.05) is 26.3 Å². The van der Waals surface area contributed by atoms with Crippen LogP contribution in [0.1, 0.15) is 18.2 Å². The predicted octanol–water partition coefficient (Wildman–Crippen LogP) is 2.21. The van der Waals surface area contributed by atoms with Crippen LogP contribution in [0.3, 0.4) is 0 Å².